The van der Waals surface area contributed by atoms with Crippen molar-refractivity contribution < 1.29 is 0 Å². The van der Waals surface area contributed by atoms with Crippen LogP contribution in [0.4, 0.5) is 5.69 Å². The van der Waals surface area contributed by atoms with E-state index in [1.165, 1.54) is 11.3 Å². The highest BCUT2D eigenvalue weighted by Gasteiger charge is 2.21. The molecule has 2 heterocycles. The highest BCUT2D eigenvalue weighted by Crippen LogP contribution is 2.31. The number of hydrogen-bond acceptors (Lipinski definition) is 3. The van der Waals surface area contributed by atoms with Crippen LogP contribution in [0.15, 0.2) is 43.0 Å². The maximum Gasteiger partial charge on any atom is 0.0945 e. The van der Waals surface area contributed by atoms with Crippen molar-refractivity contribution in [1.29, 1.82) is 0 Å². The number of imidazole rings is 1. The van der Waals surface area contributed by atoms with E-state index in [4.69, 9.17) is 5.73 Å². The number of nitrogens with zero attached hydrogens (tertiary/aromatic N) is 3. The van der Waals surface area contributed by atoms with Gasteiger partial charge in [-0.2, -0.15) is 0 Å². The molecule has 1 aliphatic rings. The molecule has 2 aromatic rings. The lowest BCUT2D eigenvalue weighted by Crippen LogP contribution is -2.34. The van der Waals surface area contributed by atoms with Crippen molar-refractivity contribution in [2.45, 2.75) is 25.4 Å². The van der Waals surface area contributed by atoms with Crippen LogP contribution in [-0.4, -0.2) is 22.6 Å². The third kappa shape index (κ3) is 2.63. The molecule has 19 heavy (non-hydrogen) atoms. The third-order valence-electron chi connectivity index (χ3n) is 3.79. The Morgan fingerprint density at radius 3 is 3.00 bits per heavy atom. The fourth-order valence-corrected chi connectivity index (χ4v) is 2.76. The van der Waals surface area contributed by atoms with E-state index in [-0.39, 0.29) is 6.04 Å². The molecule has 4 heteroatoms. The lowest BCUT2D eigenvalue weighted by molar-refractivity contribution is 0.562. The number of para-hydroxylation sites is 1. The Kier molecular flexibility index (Phi) is 3.51. The van der Waals surface area contributed by atoms with Gasteiger partial charge in [-0.15, -0.1) is 0 Å². The van der Waals surface area contributed by atoms with Gasteiger partial charge in [-0.25, -0.2) is 4.98 Å². The summed E-state index contributed by atoms with van der Waals surface area (Å²) in [7, 11) is 0. The Balaban J connectivity index is 1.64. The molecule has 100 valence electrons. The van der Waals surface area contributed by atoms with E-state index in [2.05, 4.69) is 38.7 Å². The molecule has 1 aromatic carbocycles. The number of nitrogens with two attached hydrogens (primary N) is 1. The predicted octanol–water partition coefficient (Wildman–Crippen LogP) is 2.18. The first-order valence-electron chi connectivity index (χ1n) is 6.90. The van der Waals surface area contributed by atoms with Gasteiger partial charge in [0, 0.05) is 43.8 Å². The Morgan fingerprint density at radius 2 is 2.16 bits per heavy atom. The molecular formula is C15H20N4. The molecule has 0 aliphatic carbocycles. The van der Waals surface area contributed by atoms with Crippen molar-refractivity contribution in [3.05, 3.63) is 48.5 Å². The van der Waals surface area contributed by atoms with Crippen molar-refractivity contribution in [2.75, 3.05) is 18.0 Å². The highest BCUT2D eigenvalue weighted by atomic mass is 15.1. The van der Waals surface area contributed by atoms with E-state index >= 15 is 0 Å². The molecular weight excluding hydrogens is 236 g/mol. The van der Waals surface area contributed by atoms with Crippen LogP contribution in [0.3, 0.4) is 0 Å². The first kappa shape index (κ1) is 12.2. The van der Waals surface area contributed by atoms with E-state index in [9.17, 15) is 0 Å². The normalized spacial score (nSPS) is 18.4. The number of benzene rings is 1. The lowest BCUT2D eigenvalue weighted by atomic mass is 9.97. The number of hydrogen-bond donors (Lipinski definition) is 1. The van der Waals surface area contributed by atoms with Crippen LogP contribution in [0.2, 0.25) is 0 Å². The second-order valence-electron chi connectivity index (χ2n) is 5.10. The van der Waals surface area contributed by atoms with Gasteiger partial charge in [0.15, 0.2) is 0 Å². The van der Waals surface area contributed by atoms with E-state index in [0.29, 0.717) is 0 Å². The molecule has 0 saturated carbocycles. The summed E-state index contributed by atoms with van der Waals surface area (Å²) in [5.41, 5.74) is 8.78. The standard InChI is InChI=1S/C15H20N4/c16-14-6-10-19(15-5-2-1-4-13(14)15)9-3-8-18-11-7-17-12-18/h1-2,4-5,7,11-12,14H,3,6,8-10,16H2. The van der Waals surface area contributed by atoms with Gasteiger partial charge in [0.25, 0.3) is 0 Å². The third-order valence-corrected chi connectivity index (χ3v) is 3.79. The number of aryl methyl sites for hydroxylation is 1. The van der Waals surface area contributed by atoms with Gasteiger partial charge in [0.1, 0.15) is 0 Å². The minimum Gasteiger partial charge on any atom is -0.371 e. The van der Waals surface area contributed by atoms with Crippen molar-refractivity contribution in [2.24, 2.45) is 5.73 Å². The lowest BCUT2D eigenvalue weighted by Gasteiger charge is -2.34. The number of anilines is 1. The second kappa shape index (κ2) is 5.45. The summed E-state index contributed by atoms with van der Waals surface area (Å²) in [5, 5.41) is 0. The van der Waals surface area contributed by atoms with Gasteiger partial charge in [-0.05, 0) is 24.5 Å². The highest BCUT2D eigenvalue weighted by molar-refractivity contribution is 5.56. The van der Waals surface area contributed by atoms with Gasteiger partial charge < -0.3 is 15.2 Å². The van der Waals surface area contributed by atoms with Crippen molar-refractivity contribution >= 4 is 5.69 Å². The molecule has 0 fully saturated rings. The van der Waals surface area contributed by atoms with E-state index in [1.807, 2.05) is 18.7 Å². The minimum atomic E-state index is 0.195. The SMILES string of the molecule is NC1CCN(CCCn2ccnc2)c2ccccc21. The monoisotopic (exact) mass is 256 g/mol. The zero-order valence-electron chi connectivity index (χ0n) is 11.1. The summed E-state index contributed by atoms with van der Waals surface area (Å²) >= 11 is 0. The first-order chi connectivity index (χ1) is 9.34. The van der Waals surface area contributed by atoms with Gasteiger partial charge >= 0.3 is 0 Å². The Labute approximate surface area is 113 Å². The first-order valence-corrected chi connectivity index (χ1v) is 6.90. The maximum absolute atomic E-state index is 6.18. The van der Waals surface area contributed by atoms with Crippen LogP contribution in [0, 0.1) is 0 Å². The van der Waals surface area contributed by atoms with E-state index < -0.39 is 0 Å². The van der Waals surface area contributed by atoms with Crippen LogP contribution < -0.4 is 10.6 Å². The molecule has 0 spiro atoms. The zero-order chi connectivity index (χ0) is 13.1. The quantitative estimate of drug-likeness (QED) is 0.912. The molecule has 0 amide bonds. The minimum absolute atomic E-state index is 0.195. The van der Waals surface area contributed by atoms with Gasteiger partial charge in [0.2, 0.25) is 0 Å². The summed E-state index contributed by atoms with van der Waals surface area (Å²) in [6.07, 6.45) is 7.89. The summed E-state index contributed by atoms with van der Waals surface area (Å²) in [5.74, 6) is 0. The van der Waals surface area contributed by atoms with E-state index in [1.54, 1.807) is 0 Å². The Bertz CT molecular complexity index is 521. The molecule has 1 unspecified atom stereocenters. The van der Waals surface area contributed by atoms with Gasteiger partial charge in [-0.1, -0.05) is 18.2 Å². The molecule has 1 aliphatic heterocycles. The predicted molar refractivity (Wildman–Crippen MR) is 77.0 cm³/mol. The summed E-state index contributed by atoms with van der Waals surface area (Å²) in [6.45, 7) is 3.15. The molecule has 0 radical (unpaired) electrons. The molecule has 4 nitrogen and oxygen atoms in total. The van der Waals surface area contributed by atoms with Crippen LogP contribution in [0.5, 0.6) is 0 Å². The molecule has 1 atom stereocenters. The number of aromatic nitrogens is 2. The number of rotatable bonds is 4. The summed E-state index contributed by atoms with van der Waals surface area (Å²) in [4.78, 5) is 6.52. The smallest absolute Gasteiger partial charge is 0.0945 e. The number of fused-ring (bicyclic) bond motifs is 1. The molecule has 0 bridgehead atoms. The topological polar surface area (TPSA) is 47.1 Å². The fourth-order valence-electron chi connectivity index (χ4n) is 2.76. The second-order valence-corrected chi connectivity index (χ2v) is 5.10. The van der Waals surface area contributed by atoms with Crippen molar-refractivity contribution in [3.8, 4) is 0 Å². The van der Waals surface area contributed by atoms with E-state index in [0.717, 1.165) is 32.5 Å². The van der Waals surface area contributed by atoms with Crippen LogP contribution in [-0.2, 0) is 6.54 Å². The van der Waals surface area contributed by atoms with Crippen LogP contribution >= 0.6 is 0 Å². The molecule has 0 saturated heterocycles. The van der Waals surface area contributed by atoms with Crippen molar-refractivity contribution in [1.82, 2.24) is 9.55 Å². The van der Waals surface area contributed by atoms with Gasteiger partial charge in [-0.3, -0.25) is 0 Å². The molecule has 2 N–H and O–H groups in total. The Hall–Kier alpha value is -1.81. The van der Waals surface area contributed by atoms with Crippen LogP contribution in [0.25, 0.3) is 0 Å². The average Bonchev–Trinajstić information content (AvgIpc) is 2.95. The van der Waals surface area contributed by atoms with Crippen LogP contribution in [0.1, 0.15) is 24.4 Å². The average molecular weight is 256 g/mol. The van der Waals surface area contributed by atoms with Gasteiger partial charge in [0.05, 0.1) is 6.33 Å². The molecule has 1 aromatic heterocycles. The summed E-state index contributed by atoms with van der Waals surface area (Å²) in [6, 6.07) is 8.71. The largest absolute Gasteiger partial charge is 0.371 e. The fraction of sp³-hybridized carbons (Fsp3) is 0.400. The van der Waals surface area contributed by atoms with Crippen molar-refractivity contribution in [3.63, 3.8) is 0 Å². The molecule has 3 rings (SSSR count). The zero-order valence-corrected chi connectivity index (χ0v) is 11.1. The maximum atomic E-state index is 6.18. The Morgan fingerprint density at radius 1 is 1.26 bits per heavy atom. The summed E-state index contributed by atoms with van der Waals surface area (Å²) < 4.78 is 2.13.